The van der Waals surface area contributed by atoms with E-state index in [-0.39, 0.29) is 0 Å². The van der Waals surface area contributed by atoms with Crippen molar-refractivity contribution in [2.75, 3.05) is 26.3 Å². The molecule has 0 radical (unpaired) electrons. The minimum absolute atomic E-state index is 0.327. The highest BCUT2D eigenvalue weighted by Gasteiger charge is 2.18. The quantitative estimate of drug-likeness (QED) is 0.907. The summed E-state index contributed by atoms with van der Waals surface area (Å²) in [6, 6.07) is 8.66. The fraction of sp³-hybridized carbons (Fsp3) is 0.625. The van der Waals surface area contributed by atoms with Gasteiger partial charge in [0.25, 0.3) is 0 Å². The maximum atomic E-state index is 6.09. The number of piperidine rings is 1. The third-order valence-corrected chi connectivity index (χ3v) is 4.10. The Bertz CT molecular complexity index is 395. The molecule has 3 nitrogen and oxygen atoms in total. The van der Waals surface area contributed by atoms with Crippen LogP contribution in [0.4, 0.5) is 0 Å². The van der Waals surface area contributed by atoms with Gasteiger partial charge < -0.3 is 14.8 Å². The molecule has 2 heterocycles. The molecule has 2 aliphatic heterocycles. The number of hydrogen-bond acceptors (Lipinski definition) is 3. The highest BCUT2D eigenvalue weighted by atomic mass is 16.5. The fourth-order valence-corrected chi connectivity index (χ4v) is 2.96. The molecule has 2 aliphatic rings. The number of benzene rings is 1. The van der Waals surface area contributed by atoms with Crippen LogP contribution in [0, 0.1) is 0 Å². The smallest absolute Gasteiger partial charge is 0.120 e. The van der Waals surface area contributed by atoms with Gasteiger partial charge in [-0.25, -0.2) is 0 Å². The summed E-state index contributed by atoms with van der Waals surface area (Å²) in [5.74, 6) is 1.67. The van der Waals surface area contributed by atoms with Crippen molar-refractivity contribution < 1.29 is 9.47 Å². The Balaban J connectivity index is 1.64. The van der Waals surface area contributed by atoms with Gasteiger partial charge in [0.2, 0.25) is 0 Å². The van der Waals surface area contributed by atoms with Crippen LogP contribution in [0.1, 0.15) is 37.2 Å². The van der Waals surface area contributed by atoms with E-state index < -0.39 is 0 Å². The fourth-order valence-electron chi connectivity index (χ4n) is 2.96. The first-order chi connectivity index (χ1) is 9.42. The lowest BCUT2D eigenvalue weighted by atomic mass is 9.91. The summed E-state index contributed by atoms with van der Waals surface area (Å²) >= 11 is 0. The van der Waals surface area contributed by atoms with E-state index in [2.05, 4.69) is 29.6 Å². The normalized spacial score (nSPS) is 25.2. The molecule has 0 amide bonds. The molecular weight excluding hydrogens is 238 g/mol. The molecule has 0 saturated carbocycles. The second-order valence-electron chi connectivity index (χ2n) is 5.55. The zero-order valence-corrected chi connectivity index (χ0v) is 11.4. The molecule has 0 aromatic heterocycles. The molecule has 104 valence electrons. The maximum Gasteiger partial charge on any atom is 0.120 e. The maximum absolute atomic E-state index is 6.09. The van der Waals surface area contributed by atoms with Gasteiger partial charge in [-0.2, -0.15) is 0 Å². The molecule has 3 heteroatoms. The summed E-state index contributed by atoms with van der Waals surface area (Å²) in [4.78, 5) is 0. The molecule has 2 saturated heterocycles. The summed E-state index contributed by atoms with van der Waals surface area (Å²) in [5, 5.41) is 3.48. The second kappa shape index (κ2) is 6.40. The van der Waals surface area contributed by atoms with E-state index >= 15 is 0 Å². The van der Waals surface area contributed by atoms with Gasteiger partial charge in [-0.15, -0.1) is 0 Å². The summed E-state index contributed by atoms with van der Waals surface area (Å²) in [6.45, 7) is 3.92. The van der Waals surface area contributed by atoms with Gasteiger partial charge in [-0.05, 0) is 43.0 Å². The van der Waals surface area contributed by atoms with Crippen molar-refractivity contribution in [1.82, 2.24) is 5.32 Å². The third kappa shape index (κ3) is 3.48. The second-order valence-corrected chi connectivity index (χ2v) is 5.55. The van der Waals surface area contributed by atoms with Gasteiger partial charge in [0, 0.05) is 19.4 Å². The number of nitrogens with one attached hydrogen (secondary N) is 1. The molecule has 0 spiro atoms. The van der Waals surface area contributed by atoms with Gasteiger partial charge in [0.1, 0.15) is 11.9 Å². The van der Waals surface area contributed by atoms with Crippen LogP contribution in [0.5, 0.6) is 5.75 Å². The van der Waals surface area contributed by atoms with Crippen LogP contribution in [-0.4, -0.2) is 32.4 Å². The minimum atomic E-state index is 0.327. The molecule has 1 unspecified atom stereocenters. The SMILES string of the molecule is c1cc(OC2CCOCC2)cc(C2CCCNC2)c1. The zero-order chi connectivity index (χ0) is 12.9. The van der Waals surface area contributed by atoms with Crippen LogP contribution in [0.25, 0.3) is 0 Å². The summed E-state index contributed by atoms with van der Waals surface area (Å²) in [7, 11) is 0. The van der Waals surface area contributed by atoms with Crippen LogP contribution >= 0.6 is 0 Å². The minimum Gasteiger partial charge on any atom is -0.490 e. The van der Waals surface area contributed by atoms with Crippen LogP contribution in [0.2, 0.25) is 0 Å². The average Bonchev–Trinajstić information content (AvgIpc) is 2.49. The van der Waals surface area contributed by atoms with Crippen LogP contribution in [0.15, 0.2) is 24.3 Å². The van der Waals surface area contributed by atoms with Crippen molar-refractivity contribution in [2.45, 2.75) is 37.7 Å². The number of ether oxygens (including phenoxy) is 2. The van der Waals surface area contributed by atoms with Gasteiger partial charge >= 0.3 is 0 Å². The van der Waals surface area contributed by atoms with Crippen molar-refractivity contribution in [3.8, 4) is 5.75 Å². The lowest BCUT2D eigenvalue weighted by Gasteiger charge is -2.25. The third-order valence-electron chi connectivity index (χ3n) is 4.10. The lowest BCUT2D eigenvalue weighted by molar-refractivity contribution is 0.0255. The highest BCUT2D eigenvalue weighted by molar-refractivity contribution is 5.31. The van der Waals surface area contributed by atoms with Crippen LogP contribution < -0.4 is 10.1 Å². The average molecular weight is 261 g/mol. The largest absolute Gasteiger partial charge is 0.490 e. The van der Waals surface area contributed by atoms with Gasteiger partial charge in [-0.1, -0.05) is 12.1 Å². The van der Waals surface area contributed by atoms with Gasteiger partial charge in [0.15, 0.2) is 0 Å². The standard InChI is InChI=1S/C16H23NO2/c1-3-13(14-4-2-8-17-12-14)11-16(5-1)19-15-6-9-18-10-7-15/h1,3,5,11,14-15,17H,2,4,6-10,12H2. The number of hydrogen-bond donors (Lipinski definition) is 1. The van der Waals surface area contributed by atoms with Gasteiger partial charge in [0.05, 0.1) is 13.2 Å². The van der Waals surface area contributed by atoms with Crippen molar-refractivity contribution in [3.05, 3.63) is 29.8 Å². The highest BCUT2D eigenvalue weighted by Crippen LogP contribution is 2.27. The Labute approximate surface area is 115 Å². The molecule has 0 bridgehead atoms. The van der Waals surface area contributed by atoms with E-state index in [0.717, 1.165) is 44.9 Å². The molecule has 19 heavy (non-hydrogen) atoms. The van der Waals surface area contributed by atoms with Crippen molar-refractivity contribution in [3.63, 3.8) is 0 Å². The Hall–Kier alpha value is -1.06. The Morgan fingerprint density at radius 2 is 2.05 bits per heavy atom. The topological polar surface area (TPSA) is 30.5 Å². The zero-order valence-electron chi connectivity index (χ0n) is 11.4. The molecule has 2 fully saturated rings. The summed E-state index contributed by atoms with van der Waals surface area (Å²) in [5.41, 5.74) is 1.41. The molecular formula is C16H23NO2. The van der Waals surface area contributed by atoms with E-state index in [0.29, 0.717) is 12.0 Å². The summed E-state index contributed by atoms with van der Waals surface area (Å²) < 4.78 is 11.5. The monoisotopic (exact) mass is 261 g/mol. The molecule has 3 rings (SSSR count). The molecule has 1 atom stereocenters. The number of rotatable bonds is 3. The van der Waals surface area contributed by atoms with E-state index in [1.54, 1.807) is 0 Å². The molecule has 1 N–H and O–H groups in total. The van der Waals surface area contributed by atoms with Gasteiger partial charge in [-0.3, -0.25) is 0 Å². The van der Waals surface area contributed by atoms with E-state index in [9.17, 15) is 0 Å². The molecule has 1 aromatic carbocycles. The van der Waals surface area contributed by atoms with E-state index in [1.165, 1.54) is 18.4 Å². The first-order valence-corrected chi connectivity index (χ1v) is 7.47. The van der Waals surface area contributed by atoms with Crippen molar-refractivity contribution >= 4 is 0 Å². The molecule has 1 aromatic rings. The van der Waals surface area contributed by atoms with E-state index in [4.69, 9.17) is 9.47 Å². The van der Waals surface area contributed by atoms with Crippen LogP contribution in [-0.2, 0) is 4.74 Å². The van der Waals surface area contributed by atoms with Crippen LogP contribution in [0.3, 0.4) is 0 Å². The Kier molecular flexibility index (Phi) is 4.36. The predicted molar refractivity (Wildman–Crippen MR) is 75.8 cm³/mol. The first-order valence-electron chi connectivity index (χ1n) is 7.47. The molecule has 0 aliphatic carbocycles. The lowest BCUT2D eigenvalue weighted by Crippen LogP contribution is -2.28. The Morgan fingerprint density at radius 1 is 1.16 bits per heavy atom. The summed E-state index contributed by atoms with van der Waals surface area (Å²) in [6.07, 6.45) is 4.90. The van der Waals surface area contributed by atoms with Crippen molar-refractivity contribution in [1.29, 1.82) is 0 Å². The predicted octanol–water partition coefficient (Wildman–Crippen LogP) is 2.71. The van der Waals surface area contributed by atoms with Crippen molar-refractivity contribution in [2.24, 2.45) is 0 Å². The van der Waals surface area contributed by atoms with E-state index in [1.807, 2.05) is 0 Å². The first kappa shape index (κ1) is 12.9. The Morgan fingerprint density at radius 3 is 2.84 bits per heavy atom.